The Balaban J connectivity index is 0.000001000. The van der Waals surface area contributed by atoms with Crippen molar-refractivity contribution in [2.45, 2.75) is 12.1 Å². The summed E-state index contributed by atoms with van der Waals surface area (Å²) >= 11 is 1.51. The molecular weight excluding hydrogens is 182 g/mol. The molecule has 0 fully saturated rings. The van der Waals surface area contributed by atoms with Gasteiger partial charge in [0.15, 0.2) is 5.16 Å². The lowest BCUT2D eigenvalue weighted by Gasteiger charge is -1.98. The van der Waals surface area contributed by atoms with E-state index < -0.39 is 0 Å². The van der Waals surface area contributed by atoms with Crippen molar-refractivity contribution in [3.05, 3.63) is 11.9 Å². The first-order valence-corrected chi connectivity index (χ1v) is 4.09. The maximum absolute atomic E-state index is 5.51. The first-order valence-electron chi connectivity index (χ1n) is 2.87. The predicted octanol–water partition coefficient (Wildman–Crippen LogP) is 1.51. The highest BCUT2D eigenvalue weighted by molar-refractivity contribution is 7.98. The largest absolute Gasteiger partial charge is 0.396 e. The van der Waals surface area contributed by atoms with E-state index in [2.05, 4.69) is 9.97 Å². The molecular formula is C6H10ClN3S. The van der Waals surface area contributed by atoms with Gasteiger partial charge in [0.05, 0.1) is 17.6 Å². The van der Waals surface area contributed by atoms with Crippen LogP contribution in [-0.2, 0) is 0 Å². The number of anilines is 1. The first kappa shape index (κ1) is 10.5. The van der Waals surface area contributed by atoms with Crippen molar-refractivity contribution in [2.24, 2.45) is 0 Å². The molecule has 1 rings (SSSR count). The van der Waals surface area contributed by atoms with Gasteiger partial charge in [-0.1, -0.05) is 11.8 Å². The molecule has 11 heavy (non-hydrogen) atoms. The SMILES string of the molecule is CSc1ncc(N)c(C)n1.Cl. The van der Waals surface area contributed by atoms with Crippen molar-refractivity contribution in [1.82, 2.24) is 9.97 Å². The first-order chi connectivity index (χ1) is 4.74. The highest BCUT2D eigenvalue weighted by Crippen LogP contribution is 2.11. The van der Waals surface area contributed by atoms with Gasteiger partial charge in [-0.2, -0.15) is 0 Å². The molecule has 62 valence electrons. The lowest BCUT2D eigenvalue weighted by molar-refractivity contribution is 0.940. The third-order valence-electron chi connectivity index (χ3n) is 1.18. The molecule has 1 aromatic rings. The number of thioether (sulfide) groups is 1. The summed E-state index contributed by atoms with van der Waals surface area (Å²) in [6.07, 6.45) is 3.57. The summed E-state index contributed by atoms with van der Waals surface area (Å²) in [6.45, 7) is 1.87. The van der Waals surface area contributed by atoms with E-state index in [9.17, 15) is 0 Å². The van der Waals surface area contributed by atoms with Crippen LogP contribution >= 0.6 is 24.2 Å². The van der Waals surface area contributed by atoms with Crippen LogP contribution in [0.15, 0.2) is 11.4 Å². The van der Waals surface area contributed by atoms with E-state index in [0.29, 0.717) is 5.69 Å². The van der Waals surface area contributed by atoms with Crippen molar-refractivity contribution in [2.75, 3.05) is 12.0 Å². The number of halogens is 1. The van der Waals surface area contributed by atoms with Crippen LogP contribution in [0.2, 0.25) is 0 Å². The third-order valence-corrected chi connectivity index (χ3v) is 1.74. The van der Waals surface area contributed by atoms with E-state index in [1.807, 2.05) is 13.2 Å². The second-order valence-corrected chi connectivity index (χ2v) is 2.67. The Labute approximate surface area is 76.2 Å². The molecule has 1 heterocycles. The summed E-state index contributed by atoms with van der Waals surface area (Å²) in [6, 6.07) is 0. The summed E-state index contributed by atoms with van der Waals surface area (Å²) in [5.41, 5.74) is 7.01. The molecule has 0 saturated heterocycles. The molecule has 1 aromatic heterocycles. The Kier molecular flexibility index (Phi) is 4.22. The minimum atomic E-state index is 0. The summed E-state index contributed by atoms with van der Waals surface area (Å²) in [5.74, 6) is 0. The summed E-state index contributed by atoms with van der Waals surface area (Å²) in [4.78, 5) is 8.10. The molecule has 0 amide bonds. The van der Waals surface area contributed by atoms with Crippen molar-refractivity contribution in [3.8, 4) is 0 Å². The molecule has 0 atom stereocenters. The Morgan fingerprint density at radius 3 is 2.64 bits per heavy atom. The molecule has 0 unspecified atom stereocenters. The van der Waals surface area contributed by atoms with Crippen LogP contribution in [0, 0.1) is 6.92 Å². The summed E-state index contributed by atoms with van der Waals surface area (Å²) in [5, 5.41) is 0.770. The molecule has 0 bridgehead atoms. The minimum Gasteiger partial charge on any atom is -0.396 e. The standard InChI is InChI=1S/C6H9N3S.ClH/c1-4-5(7)3-8-6(9-4)10-2;/h3H,7H2,1-2H3;1H. The Morgan fingerprint density at radius 2 is 2.18 bits per heavy atom. The average molecular weight is 192 g/mol. The maximum atomic E-state index is 5.51. The molecule has 0 aliphatic carbocycles. The number of aryl methyl sites for hydroxylation is 1. The van der Waals surface area contributed by atoms with Crippen LogP contribution in [0.25, 0.3) is 0 Å². The van der Waals surface area contributed by atoms with Gasteiger partial charge in [-0.15, -0.1) is 12.4 Å². The van der Waals surface area contributed by atoms with Crippen LogP contribution in [0.4, 0.5) is 5.69 Å². The molecule has 0 spiro atoms. The normalized spacial score (nSPS) is 8.91. The van der Waals surface area contributed by atoms with E-state index in [-0.39, 0.29) is 12.4 Å². The second kappa shape index (κ2) is 4.41. The van der Waals surface area contributed by atoms with Crippen LogP contribution in [0.3, 0.4) is 0 Å². The van der Waals surface area contributed by atoms with Gasteiger partial charge >= 0.3 is 0 Å². The number of hydrogen-bond acceptors (Lipinski definition) is 4. The zero-order chi connectivity index (χ0) is 7.56. The van der Waals surface area contributed by atoms with E-state index in [4.69, 9.17) is 5.73 Å². The van der Waals surface area contributed by atoms with Gasteiger partial charge in [0.25, 0.3) is 0 Å². The highest BCUT2D eigenvalue weighted by Gasteiger charge is 1.96. The Hall–Kier alpha value is -0.480. The number of nitrogens with zero attached hydrogens (tertiary/aromatic N) is 2. The Bertz CT molecular complexity index is 241. The van der Waals surface area contributed by atoms with Crippen LogP contribution in [0.1, 0.15) is 5.69 Å². The van der Waals surface area contributed by atoms with E-state index in [1.165, 1.54) is 11.8 Å². The fourth-order valence-corrected chi connectivity index (χ4v) is 0.940. The molecule has 0 saturated carbocycles. The van der Waals surface area contributed by atoms with Crippen LogP contribution in [-0.4, -0.2) is 16.2 Å². The zero-order valence-corrected chi connectivity index (χ0v) is 8.00. The molecule has 2 N–H and O–H groups in total. The van der Waals surface area contributed by atoms with Gasteiger partial charge in [0, 0.05) is 0 Å². The van der Waals surface area contributed by atoms with E-state index in [1.54, 1.807) is 6.20 Å². The van der Waals surface area contributed by atoms with Crippen molar-refractivity contribution in [1.29, 1.82) is 0 Å². The monoisotopic (exact) mass is 191 g/mol. The fraction of sp³-hybridized carbons (Fsp3) is 0.333. The van der Waals surface area contributed by atoms with Crippen molar-refractivity contribution in [3.63, 3.8) is 0 Å². The van der Waals surface area contributed by atoms with Gasteiger partial charge in [0.1, 0.15) is 0 Å². The van der Waals surface area contributed by atoms with Gasteiger partial charge in [-0.3, -0.25) is 0 Å². The van der Waals surface area contributed by atoms with E-state index >= 15 is 0 Å². The summed E-state index contributed by atoms with van der Waals surface area (Å²) < 4.78 is 0. The molecule has 0 aliphatic heterocycles. The van der Waals surface area contributed by atoms with E-state index in [0.717, 1.165) is 10.9 Å². The summed E-state index contributed by atoms with van der Waals surface area (Å²) in [7, 11) is 0. The second-order valence-electron chi connectivity index (χ2n) is 1.90. The molecule has 0 aliphatic rings. The number of rotatable bonds is 1. The number of aromatic nitrogens is 2. The number of nitrogens with two attached hydrogens (primary N) is 1. The highest BCUT2D eigenvalue weighted by atomic mass is 35.5. The van der Waals surface area contributed by atoms with Gasteiger partial charge < -0.3 is 5.73 Å². The minimum absolute atomic E-state index is 0. The number of nitrogen functional groups attached to an aromatic ring is 1. The van der Waals surface area contributed by atoms with Crippen molar-refractivity contribution >= 4 is 29.9 Å². The lowest BCUT2D eigenvalue weighted by Crippen LogP contribution is -1.95. The quantitative estimate of drug-likeness (QED) is 0.540. The maximum Gasteiger partial charge on any atom is 0.187 e. The topological polar surface area (TPSA) is 51.8 Å². The Morgan fingerprint density at radius 1 is 1.55 bits per heavy atom. The molecule has 5 heteroatoms. The van der Waals surface area contributed by atoms with Gasteiger partial charge in [-0.25, -0.2) is 9.97 Å². The fourth-order valence-electron chi connectivity index (χ4n) is 0.553. The predicted molar refractivity (Wildman–Crippen MR) is 50.2 cm³/mol. The average Bonchev–Trinajstić information content (AvgIpc) is 1.95. The van der Waals surface area contributed by atoms with Crippen molar-refractivity contribution < 1.29 is 0 Å². The smallest absolute Gasteiger partial charge is 0.187 e. The van der Waals surface area contributed by atoms with Crippen LogP contribution < -0.4 is 5.73 Å². The third kappa shape index (κ3) is 2.55. The molecule has 0 aromatic carbocycles. The zero-order valence-electron chi connectivity index (χ0n) is 6.37. The van der Waals surface area contributed by atoms with Crippen LogP contribution in [0.5, 0.6) is 0 Å². The lowest BCUT2D eigenvalue weighted by atomic mass is 10.4. The number of hydrogen-bond donors (Lipinski definition) is 1. The van der Waals surface area contributed by atoms with Gasteiger partial charge in [-0.05, 0) is 13.2 Å². The van der Waals surface area contributed by atoms with Gasteiger partial charge in [0.2, 0.25) is 0 Å². The molecule has 0 radical (unpaired) electrons. The molecule has 3 nitrogen and oxygen atoms in total.